The molecule has 0 saturated carbocycles. The Balaban J connectivity index is 1.87. The summed E-state index contributed by atoms with van der Waals surface area (Å²) in [4.78, 5) is 30.9. The number of esters is 1. The van der Waals surface area contributed by atoms with Gasteiger partial charge in [0.1, 0.15) is 5.76 Å². The van der Waals surface area contributed by atoms with E-state index in [4.69, 9.17) is 9.15 Å². The molecule has 1 N–H and O–H groups in total. The Morgan fingerprint density at radius 2 is 2.05 bits per heavy atom. The van der Waals surface area contributed by atoms with E-state index < -0.39 is 12.1 Å². The number of benzene rings is 1. The number of rotatable bonds is 3. The van der Waals surface area contributed by atoms with E-state index in [9.17, 15) is 9.59 Å². The predicted octanol–water partition coefficient (Wildman–Crippen LogP) is 2.74. The SMILES string of the molecule is Cc1ccc(C(=O)OC(C)c2nc3ccccc3c(=O)[nH]2)o1. The smallest absolute Gasteiger partial charge is 0.374 e. The van der Waals surface area contributed by atoms with E-state index in [0.29, 0.717) is 22.5 Å². The monoisotopic (exact) mass is 298 g/mol. The molecule has 0 amide bonds. The van der Waals surface area contributed by atoms with Crippen LogP contribution < -0.4 is 5.56 Å². The lowest BCUT2D eigenvalue weighted by molar-refractivity contribution is 0.0282. The number of nitrogens with zero attached hydrogens (tertiary/aromatic N) is 1. The topological polar surface area (TPSA) is 85.2 Å². The van der Waals surface area contributed by atoms with E-state index in [0.717, 1.165) is 0 Å². The van der Waals surface area contributed by atoms with Crippen LogP contribution in [0.25, 0.3) is 10.9 Å². The van der Waals surface area contributed by atoms with Gasteiger partial charge < -0.3 is 14.1 Å². The number of fused-ring (bicyclic) bond motifs is 1. The quantitative estimate of drug-likeness (QED) is 0.751. The molecule has 3 aromatic rings. The van der Waals surface area contributed by atoms with Gasteiger partial charge in [-0.2, -0.15) is 0 Å². The highest BCUT2D eigenvalue weighted by Gasteiger charge is 2.19. The zero-order valence-electron chi connectivity index (χ0n) is 12.1. The third kappa shape index (κ3) is 2.63. The summed E-state index contributed by atoms with van der Waals surface area (Å²) >= 11 is 0. The van der Waals surface area contributed by atoms with Crippen LogP contribution in [0.1, 0.15) is 35.2 Å². The first-order valence-corrected chi connectivity index (χ1v) is 6.81. The molecule has 3 rings (SSSR count). The summed E-state index contributed by atoms with van der Waals surface area (Å²) in [6, 6.07) is 10.2. The van der Waals surface area contributed by atoms with Crippen molar-refractivity contribution in [1.29, 1.82) is 0 Å². The number of hydrogen-bond donors (Lipinski definition) is 1. The molecule has 0 saturated heterocycles. The van der Waals surface area contributed by atoms with Crippen LogP contribution in [0.4, 0.5) is 0 Å². The fourth-order valence-electron chi connectivity index (χ4n) is 2.12. The second-order valence-corrected chi connectivity index (χ2v) is 4.93. The molecule has 2 heterocycles. The molecular formula is C16H14N2O4. The van der Waals surface area contributed by atoms with Crippen LogP contribution in [0.15, 0.2) is 45.6 Å². The average molecular weight is 298 g/mol. The number of carbonyl (C=O) groups is 1. The first-order valence-electron chi connectivity index (χ1n) is 6.81. The van der Waals surface area contributed by atoms with Gasteiger partial charge in [0, 0.05) is 0 Å². The van der Waals surface area contributed by atoms with Crippen molar-refractivity contribution >= 4 is 16.9 Å². The minimum Gasteiger partial charge on any atom is -0.454 e. The Morgan fingerprint density at radius 3 is 2.77 bits per heavy atom. The number of aromatic amines is 1. The average Bonchev–Trinajstić information content (AvgIpc) is 2.94. The van der Waals surface area contributed by atoms with E-state index in [-0.39, 0.29) is 11.3 Å². The van der Waals surface area contributed by atoms with Crippen LogP contribution in [0.2, 0.25) is 0 Å². The van der Waals surface area contributed by atoms with Gasteiger partial charge in [0.05, 0.1) is 10.9 Å². The van der Waals surface area contributed by atoms with Gasteiger partial charge in [0.15, 0.2) is 11.9 Å². The fraction of sp³-hybridized carbons (Fsp3) is 0.188. The Hall–Kier alpha value is -2.89. The first kappa shape index (κ1) is 14.1. The summed E-state index contributed by atoms with van der Waals surface area (Å²) < 4.78 is 10.5. The molecule has 1 unspecified atom stereocenters. The lowest BCUT2D eigenvalue weighted by Crippen LogP contribution is -2.17. The third-order valence-corrected chi connectivity index (χ3v) is 3.24. The van der Waals surface area contributed by atoms with Crippen molar-refractivity contribution < 1.29 is 13.9 Å². The van der Waals surface area contributed by atoms with Gasteiger partial charge in [-0.25, -0.2) is 9.78 Å². The molecule has 22 heavy (non-hydrogen) atoms. The Morgan fingerprint density at radius 1 is 1.27 bits per heavy atom. The number of nitrogens with one attached hydrogen (secondary N) is 1. The molecule has 6 heteroatoms. The van der Waals surface area contributed by atoms with E-state index in [1.165, 1.54) is 0 Å². The maximum absolute atomic E-state index is 12.0. The van der Waals surface area contributed by atoms with E-state index in [2.05, 4.69) is 9.97 Å². The predicted molar refractivity (Wildman–Crippen MR) is 79.6 cm³/mol. The molecule has 0 bridgehead atoms. The summed E-state index contributed by atoms with van der Waals surface area (Å²) in [7, 11) is 0. The maximum atomic E-state index is 12.0. The largest absolute Gasteiger partial charge is 0.454 e. The first-order chi connectivity index (χ1) is 10.5. The number of aryl methyl sites for hydroxylation is 1. The Bertz CT molecular complexity index is 894. The van der Waals surface area contributed by atoms with Crippen molar-refractivity contribution in [3.63, 3.8) is 0 Å². The molecule has 1 atom stereocenters. The van der Waals surface area contributed by atoms with Gasteiger partial charge in [0.25, 0.3) is 5.56 Å². The van der Waals surface area contributed by atoms with Crippen LogP contribution in [-0.4, -0.2) is 15.9 Å². The highest BCUT2D eigenvalue weighted by molar-refractivity contribution is 5.86. The number of furan rings is 1. The summed E-state index contributed by atoms with van der Waals surface area (Å²) in [5.74, 6) is 0.432. The lowest BCUT2D eigenvalue weighted by Gasteiger charge is -2.12. The van der Waals surface area contributed by atoms with Crippen LogP contribution in [0, 0.1) is 6.92 Å². The minimum atomic E-state index is -0.699. The van der Waals surface area contributed by atoms with E-state index in [1.807, 2.05) is 0 Å². The number of carbonyl (C=O) groups excluding carboxylic acids is 1. The third-order valence-electron chi connectivity index (χ3n) is 3.24. The number of para-hydroxylation sites is 1. The van der Waals surface area contributed by atoms with E-state index >= 15 is 0 Å². The zero-order chi connectivity index (χ0) is 15.7. The van der Waals surface area contributed by atoms with Crippen molar-refractivity contribution in [2.24, 2.45) is 0 Å². The molecule has 0 aliphatic rings. The molecule has 0 aliphatic carbocycles. The molecule has 1 aromatic carbocycles. The summed E-state index contributed by atoms with van der Waals surface area (Å²) in [5, 5.41) is 0.492. The van der Waals surface area contributed by atoms with Gasteiger partial charge >= 0.3 is 5.97 Å². The van der Waals surface area contributed by atoms with Crippen molar-refractivity contribution in [1.82, 2.24) is 9.97 Å². The van der Waals surface area contributed by atoms with Gasteiger partial charge in [-0.15, -0.1) is 0 Å². The van der Waals surface area contributed by atoms with Crippen molar-refractivity contribution in [3.05, 3.63) is 64.1 Å². The molecule has 2 aromatic heterocycles. The second-order valence-electron chi connectivity index (χ2n) is 4.93. The summed E-state index contributed by atoms with van der Waals surface area (Å²) in [6.45, 7) is 3.38. The molecular weight excluding hydrogens is 284 g/mol. The zero-order valence-corrected chi connectivity index (χ0v) is 12.1. The van der Waals surface area contributed by atoms with Gasteiger partial charge in [-0.05, 0) is 38.1 Å². The van der Waals surface area contributed by atoms with Crippen molar-refractivity contribution in [2.45, 2.75) is 20.0 Å². The van der Waals surface area contributed by atoms with Crippen molar-refractivity contribution in [3.8, 4) is 0 Å². The molecule has 0 radical (unpaired) electrons. The van der Waals surface area contributed by atoms with Gasteiger partial charge in [-0.1, -0.05) is 12.1 Å². The fourth-order valence-corrected chi connectivity index (χ4v) is 2.12. The van der Waals surface area contributed by atoms with Crippen molar-refractivity contribution in [2.75, 3.05) is 0 Å². The number of hydrogen-bond acceptors (Lipinski definition) is 5. The highest BCUT2D eigenvalue weighted by atomic mass is 16.6. The second kappa shape index (κ2) is 5.48. The molecule has 0 spiro atoms. The normalized spacial score (nSPS) is 12.3. The highest BCUT2D eigenvalue weighted by Crippen LogP contribution is 2.17. The van der Waals surface area contributed by atoms with Crippen LogP contribution in [-0.2, 0) is 4.74 Å². The number of H-pyrrole nitrogens is 1. The number of ether oxygens (including phenoxy) is 1. The lowest BCUT2D eigenvalue weighted by atomic mass is 10.2. The Labute approximate surface area is 125 Å². The van der Waals surface area contributed by atoms with Gasteiger partial charge in [0.2, 0.25) is 5.76 Å². The van der Waals surface area contributed by atoms with Crippen LogP contribution in [0.3, 0.4) is 0 Å². The van der Waals surface area contributed by atoms with Gasteiger partial charge in [-0.3, -0.25) is 4.79 Å². The van der Waals surface area contributed by atoms with Crippen LogP contribution in [0.5, 0.6) is 0 Å². The molecule has 112 valence electrons. The molecule has 0 fully saturated rings. The maximum Gasteiger partial charge on any atom is 0.374 e. The summed E-state index contributed by atoms with van der Waals surface area (Å²) in [5.41, 5.74) is 0.287. The Kier molecular flexibility index (Phi) is 3.50. The molecule has 0 aliphatic heterocycles. The van der Waals surface area contributed by atoms with E-state index in [1.54, 1.807) is 50.2 Å². The summed E-state index contributed by atoms with van der Waals surface area (Å²) in [6.07, 6.45) is -0.699. The minimum absolute atomic E-state index is 0.118. The van der Waals surface area contributed by atoms with Crippen LogP contribution >= 0.6 is 0 Å². The molecule has 6 nitrogen and oxygen atoms in total. The standard InChI is InChI=1S/C16H14N2O4/c1-9-7-8-13(21-9)16(20)22-10(2)14-17-12-6-4-3-5-11(12)15(19)18-14/h3-8,10H,1-2H3,(H,17,18,19). The number of aromatic nitrogens is 2.